The van der Waals surface area contributed by atoms with Crippen molar-refractivity contribution in [3.8, 4) is 11.5 Å². The molecule has 1 aromatic carbocycles. The van der Waals surface area contributed by atoms with E-state index in [9.17, 15) is 71.2 Å². The lowest BCUT2D eigenvalue weighted by Crippen LogP contribution is -2.66. The minimum Gasteiger partial charge on any atom is -0.475 e. The number of benzene rings is 1. The highest BCUT2D eigenvalue weighted by molar-refractivity contribution is 5.88. The Kier molecular flexibility index (Phi) is 6.33. The quantitative estimate of drug-likeness (QED) is 0.0671. The molecule has 204 valence electrons. The van der Waals surface area contributed by atoms with Crippen LogP contribution in [0.25, 0.3) is 0 Å². The fourth-order valence-corrected chi connectivity index (χ4v) is 3.57. The maximum absolute atomic E-state index is 11.8. The van der Waals surface area contributed by atoms with E-state index < -0.39 is 76.3 Å². The van der Waals surface area contributed by atoms with Gasteiger partial charge in [0.05, 0.1) is 0 Å². The van der Waals surface area contributed by atoms with Gasteiger partial charge in [0.1, 0.15) is 0 Å². The van der Waals surface area contributed by atoms with Crippen LogP contribution in [0.1, 0.15) is 5.56 Å². The van der Waals surface area contributed by atoms with Crippen molar-refractivity contribution in [2.45, 2.75) is 46.6 Å². The van der Waals surface area contributed by atoms with Gasteiger partial charge >= 0.3 is 0 Å². The molecule has 1 aromatic rings. The van der Waals surface area contributed by atoms with Gasteiger partial charge in [0.15, 0.2) is 12.5 Å². The van der Waals surface area contributed by atoms with E-state index in [1.807, 2.05) is 0 Å². The fourth-order valence-electron chi connectivity index (χ4n) is 3.57. The highest BCUT2D eigenvalue weighted by Crippen LogP contribution is 2.51. The van der Waals surface area contributed by atoms with Crippen molar-refractivity contribution in [2.24, 2.45) is 0 Å². The third kappa shape index (κ3) is 3.39. The Morgan fingerprint density at radius 1 is 0.806 bits per heavy atom. The highest BCUT2D eigenvalue weighted by atomic mass is 17.5. The smallest absolute Gasteiger partial charge is 0.288 e. The highest BCUT2D eigenvalue weighted by Gasteiger charge is 2.85. The van der Waals surface area contributed by atoms with Crippen LogP contribution in [0.4, 0.5) is 0 Å². The average Bonchev–Trinajstić information content (AvgIpc) is 2.91. The number of hydrogen-bond donors (Lipinski definition) is 15. The summed E-state index contributed by atoms with van der Waals surface area (Å²) in [5.41, 5.74) is -4.84. The first-order valence-corrected chi connectivity index (χ1v) is 9.26. The number of carbonyl (C=O) groups excluding carboxylic acids is 1. The average molecular weight is 531 g/mol. The monoisotopic (exact) mass is 531 g/mol. The molecule has 1 unspecified atom stereocenters. The van der Waals surface area contributed by atoms with Crippen LogP contribution < -0.4 is 14.9 Å². The van der Waals surface area contributed by atoms with Gasteiger partial charge in [-0.3, -0.25) is 10.1 Å². The summed E-state index contributed by atoms with van der Waals surface area (Å²) in [5, 5.41) is 144. The van der Waals surface area contributed by atoms with E-state index in [-0.39, 0.29) is 0 Å². The number of aliphatic hydroxyl groups is 14. The van der Waals surface area contributed by atoms with Crippen LogP contribution in [0, 0.1) is 0 Å². The summed E-state index contributed by atoms with van der Waals surface area (Å²) >= 11 is 0. The largest absolute Gasteiger partial charge is 0.475 e. The molecule has 20 heteroatoms. The molecule has 1 saturated heterocycles. The van der Waals surface area contributed by atoms with Gasteiger partial charge in [-0.25, -0.2) is 0 Å². The normalized spacial score (nSPS) is 29.1. The number of carbonyl (C=O) groups is 1. The summed E-state index contributed by atoms with van der Waals surface area (Å²) in [6.45, 7) is -1.11. The van der Waals surface area contributed by atoms with Crippen LogP contribution in [0.3, 0.4) is 0 Å². The number of hydrogen-bond acceptors (Lipinski definition) is 19. The molecule has 0 aromatic heterocycles. The van der Waals surface area contributed by atoms with E-state index in [1.54, 1.807) is 0 Å². The Hall–Kier alpha value is -2.35. The van der Waals surface area contributed by atoms with E-state index >= 15 is 0 Å². The molecule has 1 heterocycles. The summed E-state index contributed by atoms with van der Waals surface area (Å²) in [7, 11) is 0. The second-order valence-electron chi connectivity index (χ2n) is 7.86. The van der Waals surface area contributed by atoms with E-state index in [0.717, 1.165) is 0 Å². The van der Waals surface area contributed by atoms with Gasteiger partial charge in [-0.2, -0.15) is 4.89 Å². The molecule has 0 spiro atoms. The molecule has 3 rings (SSSR count). The summed E-state index contributed by atoms with van der Waals surface area (Å²) < 4.78 is 4.84. The van der Waals surface area contributed by atoms with E-state index in [0.29, 0.717) is 18.2 Å². The molecule has 20 nitrogen and oxygen atoms in total. The van der Waals surface area contributed by atoms with Crippen LogP contribution in [0.5, 0.6) is 11.5 Å². The van der Waals surface area contributed by atoms with Crippen molar-refractivity contribution in [3.05, 3.63) is 23.8 Å². The summed E-state index contributed by atoms with van der Waals surface area (Å²) in [5.74, 6) is -29.5. The SMILES string of the molecule is O=C1NC(O)(O)C(O)(c2ccc(OOOCO)c(OC3C(O)(O)C(O)(O)C(O)(O)C3(O)O)c2)C1(O)O. The molecule has 0 bridgehead atoms. The van der Waals surface area contributed by atoms with Crippen LogP contribution in [0.2, 0.25) is 0 Å². The predicted molar refractivity (Wildman–Crippen MR) is 95.8 cm³/mol. The number of amides is 1. The van der Waals surface area contributed by atoms with Gasteiger partial charge in [-0.05, 0) is 17.2 Å². The second-order valence-corrected chi connectivity index (χ2v) is 7.86. The number of rotatable bonds is 7. The molecule has 2 fully saturated rings. The lowest BCUT2D eigenvalue weighted by molar-refractivity contribution is -0.482. The topological polar surface area (TPSA) is 349 Å². The van der Waals surface area contributed by atoms with Crippen molar-refractivity contribution in [2.75, 3.05) is 6.79 Å². The standard InChI is InChI=1S/C16H21NO19/c18-4-33-36-35-6-2-1-5(10(20)13(25,26)9(19)17-16(10,31)32)3-7(6)34-8-11(21,22)14(27,28)15(29,30)12(8,23)24/h1-3,8,18,20-32H,4H2,(H,17,19). The van der Waals surface area contributed by atoms with Gasteiger partial charge in [0, 0.05) is 5.56 Å². The molecule has 36 heavy (non-hydrogen) atoms. The molecular weight excluding hydrogens is 510 g/mol. The lowest BCUT2D eigenvalue weighted by atomic mass is 9.84. The van der Waals surface area contributed by atoms with Crippen LogP contribution in [0.15, 0.2) is 18.2 Å². The van der Waals surface area contributed by atoms with Gasteiger partial charge in [-0.1, -0.05) is 6.07 Å². The molecule has 1 atom stereocenters. The maximum Gasteiger partial charge on any atom is 0.288 e. The Bertz CT molecular complexity index is 1010. The van der Waals surface area contributed by atoms with Crippen LogP contribution >= 0.6 is 0 Å². The zero-order chi connectivity index (χ0) is 27.8. The summed E-state index contributed by atoms with van der Waals surface area (Å²) in [6.07, 6.45) is -3.27. The van der Waals surface area contributed by atoms with Gasteiger partial charge in [-0.15, -0.1) is 0 Å². The first-order valence-electron chi connectivity index (χ1n) is 9.26. The second kappa shape index (κ2) is 8.07. The molecule has 0 radical (unpaired) electrons. The van der Waals surface area contributed by atoms with E-state index in [2.05, 4.69) is 14.8 Å². The minimum atomic E-state index is -4.53. The molecule has 1 amide bonds. The summed E-state index contributed by atoms with van der Waals surface area (Å²) in [4.78, 5) is 20.3. The molecule has 1 saturated carbocycles. The first kappa shape index (κ1) is 28.2. The Morgan fingerprint density at radius 3 is 1.78 bits per heavy atom. The van der Waals surface area contributed by atoms with Crippen molar-refractivity contribution in [1.82, 2.24) is 5.32 Å². The predicted octanol–water partition coefficient (Wildman–Crippen LogP) is -9.00. The van der Waals surface area contributed by atoms with Crippen molar-refractivity contribution in [3.63, 3.8) is 0 Å². The Balaban J connectivity index is 2.17. The number of nitrogens with one attached hydrogen (secondary N) is 1. The van der Waals surface area contributed by atoms with Crippen LogP contribution in [-0.4, -0.2) is 125 Å². The van der Waals surface area contributed by atoms with Crippen molar-refractivity contribution < 1.29 is 95.8 Å². The molecular formula is C16H21NO19. The number of ether oxygens (including phenoxy) is 1. The summed E-state index contributed by atoms with van der Waals surface area (Å²) in [6, 6.07) is 1.50. The zero-order valence-electron chi connectivity index (χ0n) is 17.3. The first-order chi connectivity index (χ1) is 16.1. The molecule has 2 aliphatic rings. The number of aliphatic hydroxyl groups excluding tert-OH is 1. The Morgan fingerprint density at radius 2 is 1.33 bits per heavy atom. The third-order valence-electron chi connectivity index (χ3n) is 5.69. The van der Waals surface area contributed by atoms with E-state index in [1.165, 1.54) is 5.32 Å². The zero-order valence-corrected chi connectivity index (χ0v) is 17.3. The molecule has 1 aliphatic heterocycles. The van der Waals surface area contributed by atoms with Gasteiger partial charge < -0.3 is 81.1 Å². The lowest BCUT2D eigenvalue weighted by Gasteiger charge is -2.37. The van der Waals surface area contributed by atoms with E-state index in [4.69, 9.17) is 9.84 Å². The Labute approximate surface area is 196 Å². The molecule has 1 aliphatic carbocycles. The van der Waals surface area contributed by atoms with Gasteiger partial charge in [0.2, 0.25) is 17.5 Å². The third-order valence-corrected chi connectivity index (χ3v) is 5.69. The van der Waals surface area contributed by atoms with Crippen LogP contribution in [-0.2, 0) is 20.3 Å². The van der Waals surface area contributed by atoms with Gasteiger partial charge in [0.25, 0.3) is 40.8 Å². The van der Waals surface area contributed by atoms with Crippen molar-refractivity contribution >= 4 is 5.91 Å². The molecule has 15 N–H and O–H groups in total. The minimum absolute atomic E-state index is 0.303. The van der Waals surface area contributed by atoms with Crippen molar-refractivity contribution in [1.29, 1.82) is 0 Å². The maximum atomic E-state index is 11.8. The fraction of sp³-hybridized carbons (Fsp3) is 0.562.